The second kappa shape index (κ2) is 9.87. The highest BCUT2D eigenvalue weighted by molar-refractivity contribution is 5.97. The molecular formula is C22H32N4O3. The molecule has 0 aliphatic carbocycles. The van der Waals surface area contributed by atoms with Crippen LogP contribution in [0.4, 0.5) is 5.69 Å². The smallest absolute Gasteiger partial charge is 0.251 e. The maximum Gasteiger partial charge on any atom is 0.251 e. The number of rotatable bonds is 6. The second-order valence-electron chi connectivity index (χ2n) is 8.15. The van der Waals surface area contributed by atoms with Crippen LogP contribution < -0.4 is 15.5 Å². The van der Waals surface area contributed by atoms with Gasteiger partial charge in [-0.05, 0) is 57.0 Å². The van der Waals surface area contributed by atoms with Crippen LogP contribution in [-0.2, 0) is 9.59 Å². The summed E-state index contributed by atoms with van der Waals surface area (Å²) in [6.45, 7) is 4.93. The summed E-state index contributed by atoms with van der Waals surface area (Å²) in [5.41, 5.74) is 1.43. The van der Waals surface area contributed by atoms with E-state index >= 15 is 0 Å². The average molecular weight is 401 g/mol. The molecule has 1 aromatic carbocycles. The van der Waals surface area contributed by atoms with Gasteiger partial charge in [-0.15, -0.1) is 0 Å². The molecule has 7 heteroatoms. The van der Waals surface area contributed by atoms with Gasteiger partial charge in [-0.3, -0.25) is 14.4 Å². The molecule has 2 aliphatic heterocycles. The summed E-state index contributed by atoms with van der Waals surface area (Å²) in [5.74, 6) is 0.0984. The first-order valence-electron chi connectivity index (χ1n) is 10.7. The van der Waals surface area contributed by atoms with Gasteiger partial charge in [-0.1, -0.05) is 6.92 Å². The molecule has 0 aromatic heterocycles. The Bertz CT molecular complexity index is 734. The predicted octanol–water partition coefficient (Wildman–Crippen LogP) is 1.78. The summed E-state index contributed by atoms with van der Waals surface area (Å²) in [6.07, 6.45) is 3.95. The lowest BCUT2D eigenvalue weighted by molar-refractivity contribution is -0.125. The zero-order valence-electron chi connectivity index (χ0n) is 17.4. The maximum absolute atomic E-state index is 12.7. The first-order valence-corrected chi connectivity index (χ1v) is 10.7. The van der Waals surface area contributed by atoms with Crippen LogP contribution in [0, 0.1) is 5.92 Å². The topological polar surface area (TPSA) is 81.8 Å². The number of benzene rings is 1. The molecule has 158 valence electrons. The van der Waals surface area contributed by atoms with Gasteiger partial charge in [0.2, 0.25) is 11.8 Å². The number of nitrogens with one attached hydrogen (secondary N) is 2. The second-order valence-corrected chi connectivity index (χ2v) is 8.15. The van der Waals surface area contributed by atoms with Crippen LogP contribution in [0.5, 0.6) is 0 Å². The first-order chi connectivity index (χ1) is 14.0. The quantitative estimate of drug-likeness (QED) is 0.763. The highest BCUT2D eigenvalue weighted by Gasteiger charge is 2.27. The number of anilines is 1. The van der Waals surface area contributed by atoms with E-state index in [0.717, 1.165) is 44.5 Å². The van der Waals surface area contributed by atoms with Gasteiger partial charge in [0.05, 0.1) is 5.92 Å². The van der Waals surface area contributed by atoms with Crippen LogP contribution in [-0.4, -0.2) is 61.9 Å². The van der Waals surface area contributed by atoms with E-state index in [1.807, 2.05) is 26.1 Å². The number of likely N-dealkylation sites (tertiary alicyclic amines) is 1. The Morgan fingerprint density at radius 2 is 1.90 bits per heavy atom. The van der Waals surface area contributed by atoms with E-state index in [4.69, 9.17) is 0 Å². The molecule has 2 atom stereocenters. The van der Waals surface area contributed by atoms with Gasteiger partial charge >= 0.3 is 0 Å². The van der Waals surface area contributed by atoms with E-state index in [1.165, 1.54) is 0 Å². The number of carbonyl (C=O) groups excluding carboxylic acids is 3. The summed E-state index contributed by atoms with van der Waals surface area (Å²) < 4.78 is 0. The van der Waals surface area contributed by atoms with Crippen molar-refractivity contribution in [1.82, 2.24) is 15.5 Å². The van der Waals surface area contributed by atoms with E-state index in [1.54, 1.807) is 17.0 Å². The van der Waals surface area contributed by atoms with Crippen LogP contribution in [0.25, 0.3) is 0 Å². The summed E-state index contributed by atoms with van der Waals surface area (Å²) >= 11 is 0. The van der Waals surface area contributed by atoms with Crippen LogP contribution in [0.15, 0.2) is 24.3 Å². The third kappa shape index (κ3) is 5.56. The number of amides is 3. The molecule has 2 heterocycles. The van der Waals surface area contributed by atoms with E-state index in [2.05, 4.69) is 15.5 Å². The third-order valence-electron chi connectivity index (χ3n) is 5.70. The molecule has 0 radical (unpaired) electrons. The molecule has 2 aliphatic rings. The van der Waals surface area contributed by atoms with Crippen molar-refractivity contribution in [3.63, 3.8) is 0 Å². The van der Waals surface area contributed by atoms with E-state index in [0.29, 0.717) is 25.1 Å². The van der Waals surface area contributed by atoms with Gasteiger partial charge in [0.25, 0.3) is 5.91 Å². The van der Waals surface area contributed by atoms with E-state index in [-0.39, 0.29) is 29.7 Å². The fourth-order valence-electron chi connectivity index (χ4n) is 4.12. The van der Waals surface area contributed by atoms with Crippen molar-refractivity contribution in [2.24, 2.45) is 5.92 Å². The van der Waals surface area contributed by atoms with Crippen molar-refractivity contribution in [3.05, 3.63) is 29.8 Å². The van der Waals surface area contributed by atoms with Gasteiger partial charge in [0.15, 0.2) is 0 Å². The molecular weight excluding hydrogens is 368 g/mol. The fourth-order valence-corrected chi connectivity index (χ4v) is 4.12. The summed E-state index contributed by atoms with van der Waals surface area (Å²) in [5, 5.41) is 6.10. The molecule has 2 saturated heterocycles. The standard InChI is InChI=1S/C22H32N4O3/c1-3-12-23-21(28)17-6-9-18(15-25(2)14-17)24-22(29)16-7-10-19(11-8-16)26-13-4-5-20(26)27/h7-8,10-11,17-18H,3-6,9,12-15H2,1-2H3,(H,23,28)(H,24,29)/t17-,18+/m1/s1. The average Bonchev–Trinajstić information content (AvgIpc) is 3.05. The Kier molecular flexibility index (Phi) is 7.25. The Balaban J connectivity index is 1.56. The van der Waals surface area contributed by atoms with Crippen molar-refractivity contribution in [2.45, 2.75) is 45.1 Å². The highest BCUT2D eigenvalue weighted by atomic mass is 16.2. The van der Waals surface area contributed by atoms with Gasteiger partial charge < -0.3 is 20.4 Å². The van der Waals surface area contributed by atoms with E-state index in [9.17, 15) is 14.4 Å². The molecule has 1 aromatic rings. The fraction of sp³-hybridized carbons (Fsp3) is 0.591. The number of likely N-dealkylation sites (N-methyl/N-ethyl adjacent to an activating group) is 1. The lowest BCUT2D eigenvalue weighted by atomic mass is 10.0. The normalized spacial score (nSPS) is 23.0. The van der Waals surface area contributed by atoms with Gasteiger partial charge in [-0.2, -0.15) is 0 Å². The summed E-state index contributed by atoms with van der Waals surface area (Å²) in [7, 11) is 1.99. The van der Waals surface area contributed by atoms with Crippen molar-refractivity contribution >= 4 is 23.4 Å². The lowest BCUT2D eigenvalue weighted by Crippen LogP contribution is -2.42. The zero-order valence-corrected chi connectivity index (χ0v) is 17.4. The minimum Gasteiger partial charge on any atom is -0.356 e. The van der Waals surface area contributed by atoms with Crippen LogP contribution in [0.3, 0.4) is 0 Å². The molecule has 3 rings (SSSR count). The molecule has 7 nitrogen and oxygen atoms in total. The molecule has 0 spiro atoms. The highest BCUT2D eigenvalue weighted by Crippen LogP contribution is 2.22. The molecule has 29 heavy (non-hydrogen) atoms. The van der Waals surface area contributed by atoms with Crippen molar-refractivity contribution < 1.29 is 14.4 Å². The van der Waals surface area contributed by atoms with Gasteiger partial charge in [0.1, 0.15) is 0 Å². The van der Waals surface area contributed by atoms with Crippen LogP contribution in [0.1, 0.15) is 49.4 Å². The number of carbonyl (C=O) groups is 3. The van der Waals surface area contributed by atoms with Crippen LogP contribution in [0.2, 0.25) is 0 Å². The van der Waals surface area contributed by atoms with Gasteiger partial charge in [0, 0.05) is 49.9 Å². The maximum atomic E-state index is 12.7. The van der Waals surface area contributed by atoms with E-state index < -0.39 is 0 Å². The summed E-state index contributed by atoms with van der Waals surface area (Å²) in [6, 6.07) is 7.24. The molecule has 0 saturated carbocycles. The van der Waals surface area contributed by atoms with Crippen LogP contribution >= 0.6 is 0 Å². The zero-order chi connectivity index (χ0) is 20.8. The monoisotopic (exact) mass is 400 g/mol. The first kappa shape index (κ1) is 21.3. The Morgan fingerprint density at radius 1 is 1.14 bits per heavy atom. The third-order valence-corrected chi connectivity index (χ3v) is 5.70. The van der Waals surface area contributed by atoms with Crippen molar-refractivity contribution in [1.29, 1.82) is 0 Å². The molecule has 2 fully saturated rings. The molecule has 3 amide bonds. The number of hydrogen-bond donors (Lipinski definition) is 2. The molecule has 2 N–H and O–H groups in total. The summed E-state index contributed by atoms with van der Waals surface area (Å²) in [4.78, 5) is 40.8. The Morgan fingerprint density at radius 3 is 2.55 bits per heavy atom. The minimum absolute atomic E-state index is 0.0105. The number of nitrogens with zero attached hydrogens (tertiary/aromatic N) is 2. The lowest BCUT2D eigenvalue weighted by Gasteiger charge is -2.22. The van der Waals surface area contributed by atoms with Crippen molar-refractivity contribution in [3.8, 4) is 0 Å². The number of hydrogen-bond acceptors (Lipinski definition) is 4. The predicted molar refractivity (Wildman–Crippen MR) is 113 cm³/mol. The Labute approximate surface area is 172 Å². The largest absolute Gasteiger partial charge is 0.356 e. The molecule has 0 bridgehead atoms. The van der Waals surface area contributed by atoms with Crippen molar-refractivity contribution in [2.75, 3.05) is 38.1 Å². The Hall–Kier alpha value is -2.41. The molecule has 0 unspecified atom stereocenters. The SMILES string of the molecule is CCCNC(=O)[C@@H]1CC[C@H](NC(=O)c2ccc(N3CCCC3=O)cc2)CN(C)C1. The minimum atomic E-state index is -0.114. The van der Waals surface area contributed by atoms with Gasteiger partial charge in [-0.25, -0.2) is 0 Å².